The maximum absolute atomic E-state index is 14.9. The van der Waals surface area contributed by atoms with Gasteiger partial charge in [0.2, 0.25) is 5.88 Å². The number of carbonyl (C=O) groups is 2. The number of benzene rings is 2. The molecule has 2 aromatic carbocycles. The molecule has 290 valence electrons. The van der Waals surface area contributed by atoms with Gasteiger partial charge in [-0.05, 0) is 87.1 Å². The summed E-state index contributed by atoms with van der Waals surface area (Å²) >= 11 is 0. The van der Waals surface area contributed by atoms with Crippen molar-refractivity contribution in [3.05, 3.63) is 82.6 Å². The molecular weight excluding hydrogens is 707 g/mol. The topological polar surface area (TPSA) is 134 Å². The van der Waals surface area contributed by atoms with Crippen molar-refractivity contribution in [3.63, 3.8) is 0 Å². The zero-order chi connectivity index (χ0) is 38.4. The quantitative estimate of drug-likeness (QED) is 0.320. The average molecular weight is 760 g/mol. The summed E-state index contributed by atoms with van der Waals surface area (Å²) in [6, 6.07) is 12.1. The van der Waals surface area contributed by atoms with Crippen LogP contribution in [0.4, 0.5) is 5.69 Å². The lowest BCUT2D eigenvalue weighted by Gasteiger charge is -2.46. The van der Waals surface area contributed by atoms with Crippen LogP contribution in [0.2, 0.25) is 0 Å². The number of nitrogens with zero attached hydrogens (tertiary/aromatic N) is 4. The van der Waals surface area contributed by atoms with Crippen LogP contribution in [0.5, 0.6) is 11.6 Å². The third kappa shape index (κ3) is 7.17. The van der Waals surface area contributed by atoms with Gasteiger partial charge in [0.25, 0.3) is 11.8 Å². The van der Waals surface area contributed by atoms with Crippen LogP contribution in [0.3, 0.4) is 0 Å². The fraction of sp³-hybridized carbons (Fsp3) is 0.537. The molecule has 12 nitrogen and oxygen atoms in total. The Labute approximate surface area is 318 Å². The number of ether oxygens (including phenoxy) is 4. The molecule has 2 amide bonds. The van der Waals surface area contributed by atoms with Crippen molar-refractivity contribution in [1.29, 1.82) is 0 Å². The summed E-state index contributed by atoms with van der Waals surface area (Å²) in [6.45, 7) is 7.92. The maximum atomic E-state index is 14.9. The van der Waals surface area contributed by atoms with E-state index in [0.717, 1.165) is 50.9 Å². The first-order chi connectivity index (χ1) is 25.8. The number of nitrogens with one attached hydrogen (secondary N) is 1. The molecule has 13 heteroatoms. The van der Waals surface area contributed by atoms with E-state index in [0.29, 0.717) is 18.3 Å². The number of carbonyl (C=O) groups excluding carboxylic acids is 2. The van der Waals surface area contributed by atoms with Crippen LogP contribution in [-0.2, 0) is 38.3 Å². The van der Waals surface area contributed by atoms with Crippen LogP contribution in [0, 0.1) is 24.7 Å². The molecule has 2 aliphatic heterocycles. The Kier molecular flexibility index (Phi) is 10.4. The van der Waals surface area contributed by atoms with E-state index in [-0.39, 0.29) is 40.2 Å². The summed E-state index contributed by atoms with van der Waals surface area (Å²) in [4.78, 5) is 30.3. The highest BCUT2D eigenvalue weighted by Gasteiger charge is 2.45. The van der Waals surface area contributed by atoms with Gasteiger partial charge in [0.15, 0.2) is 0 Å². The fourth-order valence-corrected chi connectivity index (χ4v) is 10.8. The molecule has 7 atom stereocenters. The Morgan fingerprint density at radius 2 is 1.94 bits per heavy atom. The maximum Gasteiger partial charge on any atom is 0.286 e. The summed E-state index contributed by atoms with van der Waals surface area (Å²) in [5.41, 5.74) is 3.94. The van der Waals surface area contributed by atoms with E-state index in [1.165, 1.54) is 34.7 Å². The molecule has 3 aromatic rings. The van der Waals surface area contributed by atoms with Crippen molar-refractivity contribution in [2.45, 2.75) is 70.0 Å². The minimum atomic E-state index is -3.74. The third-order valence-corrected chi connectivity index (χ3v) is 14.2. The molecule has 2 aliphatic carbocycles. The number of anilines is 1. The minimum absolute atomic E-state index is 0.0643. The Morgan fingerprint density at radius 1 is 1.13 bits per heavy atom. The number of methoxy groups -OCH3 is 3. The molecule has 1 N–H and O–H groups in total. The van der Waals surface area contributed by atoms with Crippen LogP contribution in [0.25, 0.3) is 0 Å². The lowest BCUT2D eigenvalue weighted by Crippen LogP contribution is -2.49. The molecule has 1 spiro atoms. The summed E-state index contributed by atoms with van der Waals surface area (Å²) in [5, 5.41) is 4.17. The normalized spacial score (nSPS) is 31.5. The zero-order valence-corrected chi connectivity index (χ0v) is 33.2. The summed E-state index contributed by atoms with van der Waals surface area (Å²) in [6.07, 6.45) is 10.5. The molecule has 4 aliphatic rings. The average Bonchev–Trinajstić information content (AvgIpc) is 3.46. The van der Waals surface area contributed by atoms with Crippen molar-refractivity contribution in [1.82, 2.24) is 14.5 Å². The van der Waals surface area contributed by atoms with E-state index >= 15 is 0 Å². The second-order valence-corrected chi connectivity index (χ2v) is 17.9. The van der Waals surface area contributed by atoms with E-state index in [9.17, 15) is 13.8 Å². The Bertz CT molecular complexity index is 2090. The number of hydrogen-bond donors (Lipinski definition) is 1. The number of aromatic nitrogens is 2. The van der Waals surface area contributed by atoms with E-state index in [1.807, 2.05) is 32.1 Å². The standard InChI is InChI=1S/C41H53N5O7S/c1-26-10-14-33-28(19-26)9-8-17-41(33)24-46-21-30-11-13-31(30)35(50-5)16-18-40(3,52-7)27(2)23-54(49,44-38(48)32-22-45(4)42-39(32)51-6)43-37(47)29-12-15-36(53-25-41)34(46)20-29/h10,12,14-16,18-20,22,27,30-31,35H,8-9,11,13,17,21,23-25H2,1-7H3,(H,43,44,47,48,49)/b18-16+/t27-,30+,31-,35+,40-,41+,54?/m1/s1. The molecule has 3 heterocycles. The van der Waals surface area contributed by atoms with Crippen LogP contribution >= 0.6 is 0 Å². The molecule has 1 saturated carbocycles. The number of hydrogen-bond acceptors (Lipinski definition) is 9. The van der Waals surface area contributed by atoms with Gasteiger partial charge in [-0.3, -0.25) is 19.0 Å². The second-order valence-electron chi connectivity index (χ2n) is 15.9. The monoisotopic (exact) mass is 759 g/mol. The molecule has 0 radical (unpaired) electrons. The number of rotatable bonds is 5. The largest absolute Gasteiger partial charge is 0.490 e. The Hall–Kier alpha value is -4.20. The lowest BCUT2D eigenvalue weighted by atomic mass is 9.68. The molecule has 1 aromatic heterocycles. The van der Waals surface area contributed by atoms with Crippen LogP contribution in [0.15, 0.2) is 59.1 Å². The smallest absolute Gasteiger partial charge is 0.286 e. The number of fused-ring (bicyclic) bond motifs is 4. The SMILES string of the molecule is COc1nn(C)cc1C(=O)NS1(=O)=NC(=O)c2ccc3c(c2)N(C[C@@H]2CC[C@H]2[C@@H](OC)/C=C/[C@@](C)(OC)[C@H](C)C1)C[C@@]1(CCCc2cc(C)ccc21)CO3. The van der Waals surface area contributed by atoms with Crippen molar-refractivity contribution >= 4 is 27.4 Å². The highest BCUT2D eigenvalue weighted by Crippen LogP contribution is 2.47. The van der Waals surface area contributed by atoms with Crippen molar-refractivity contribution in [3.8, 4) is 11.6 Å². The van der Waals surface area contributed by atoms with Gasteiger partial charge in [0, 0.05) is 57.4 Å². The molecule has 7 rings (SSSR count). The summed E-state index contributed by atoms with van der Waals surface area (Å²) < 4.78 is 47.5. The predicted octanol–water partition coefficient (Wildman–Crippen LogP) is 5.82. The van der Waals surface area contributed by atoms with Gasteiger partial charge in [-0.25, -0.2) is 4.21 Å². The second kappa shape index (κ2) is 14.8. The number of aryl methyl sites for hydroxylation is 3. The molecule has 2 bridgehead atoms. The van der Waals surface area contributed by atoms with Crippen molar-refractivity contribution in [2.75, 3.05) is 51.7 Å². The first kappa shape index (κ1) is 38.1. The van der Waals surface area contributed by atoms with Gasteiger partial charge < -0.3 is 23.8 Å². The summed E-state index contributed by atoms with van der Waals surface area (Å²) in [5.74, 6) is -0.692. The Morgan fingerprint density at radius 3 is 2.67 bits per heavy atom. The molecule has 1 unspecified atom stereocenters. The van der Waals surface area contributed by atoms with Crippen LogP contribution < -0.4 is 19.1 Å². The first-order valence-corrected chi connectivity index (χ1v) is 20.6. The van der Waals surface area contributed by atoms with E-state index in [1.54, 1.807) is 27.3 Å². The van der Waals surface area contributed by atoms with Crippen molar-refractivity contribution < 1.29 is 32.7 Å². The van der Waals surface area contributed by atoms with Crippen molar-refractivity contribution in [2.24, 2.45) is 29.2 Å². The Balaban J connectivity index is 1.34. The van der Waals surface area contributed by atoms with Gasteiger partial charge in [-0.2, -0.15) is 0 Å². The van der Waals surface area contributed by atoms with Crippen LogP contribution in [0.1, 0.15) is 76.9 Å². The molecular formula is C41H53N5O7S. The minimum Gasteiger partial charge on any atom is -0.490 e. The van der Waals surface area contributed by atoms with Gasteiger partial charge in [0.1, 0.15) is 21.2 Å². The molecule has 1 fully saturated rings. The number of amides is 2. The van der Waals surface area contributed by atoms with Gasteiger partial charge in [-0.1, -0.05) is 42.8 Å². The highest BCUT2D eigenvalue weighted by molar-refractivity contribution is 7.92. The van der Waals surface area contributed by atoms with Gasteiger partial charge >= 0.3 is 0 Å². The predicted molar refractivity (Wildman–Crippen MR) is 208 cm³/mol. The fourth-order valence-electron chi connectivity index (χ4n) is 8.83. The third-order valence-electron chi connectivity index (χ3n) is 12.3. The first-order valence-electron chi connectivity index (χ1n) is 18.9. The van der Waals surface area contributed by atoms with E-state index in [2.05, 4.69) is 50.3 Å². The summed E-state index contributed by atoms with van der Waals surface area (Å²) in [7, 11) is 2.65. The van der Waals surface area contributed by atoms with E-state index < -0.39 is 33.2 Å². The van der Waals surface area contributed by atoms with E-state index in [4.69, 9.17) is 18.9 Å². The van der Waals surface area contributed by atoms with Crippen LogP contribution in [-0.4, -0.2) is 84.3 Å². The van der Waals surface area contributed by atoms with Gasteiger partial charge in [0.05, 0.1) is 36.9 Å². The zero-order valence-electron chi connectivity index (χ0n) is 32.4. The molecule has 54 heavy (non-hydrogen) atoms. The lowest BCUT2D eigenvalue weighted by molar-refractivity contribution is -0.0000284. The molecule has 0 saturated heterocycles. The highest BCUT2D eigenvalue weighted by atomic mass is 32.2. The van der Waals surface area contributed by atoms with Gasteiger partial charge in [-0.15, -0.1) is 9.46 Å².